The Morgan fingerprint density at radius 3 is 1.73 bits per heavy atom. The molecule has 242 valence electrons. The van der Waals surface area contributed by atoms with E-state index < -0.39 is 32.5 Å². The lowest BCUT2D eigenvalue weighted by Gasteiger charge is -2.24. The summed E-state index contributed by atoms with van der Waals surface area (Å²) in [7, 11) is 1.36. The second-order valence-corrected chi connectivity index (χ2v) is 13.4. The van der Waals surface area contributed by atoms with E-state index in [2.05, 4.69) is 6.92 Å². The molecule has 11 heteroatoms. The number of Topliss-reactive ketones (excluding diaryl/α,β-unsaturated/α-hetero) is 1. The Balaban J connectivity index is 4.34. The van der Waals surface area contributed by atoms with Crippen LogP contribution in [0.4, 0.5) is 0 Å². The molecule has 0 spiro atoms. The number of unbranched alkanes of at least 4 members (excludes halogenated alkanes) is 12. The van der Waals surface area contributed by atoms with Gasteiger partial charge in [0.2, 0.25) is 0 Å². The Labute approximate surface area is 249 Å². The van der Waals surface area contributed by atoms with Crippen molar-refractivity contribution in [1.29, 1.82) is 0 Å². The molecule has 2 atom stereocenters. The zero-order valence-corrected chi connectivity index (χ0v) is 27.4. The number of likely N-dealkylation sites (N-methyl/N-ethyl adjacent to an activating group) is 1. The average Bonchev–Trinajstić information content (AvgIpc) is 2.87. The minimum absolute atomic E-state index is 0.000227. The summed E-state index contributed by atoms with van der Waals surface area (Å²) in [6.45, 7) is 3.40. The Morgan fingerprint density at radius 1 is 0.707 bits per heavy atom. The second-order valence-electron chi connectivity index (χ2n) is 12.0. The lowest BCUT2D eigenvalue weighted by molar-refractivity contribution is -0.870. The maximum Gasteiger partial charge on any atom is 0.472 e. The molecular formula is C30H59NO9P+. The first-order valence-corrected chi connectivity index (χ1v) is 17.1. The number of carbonyl (C=O) groups is 3. The van der Waals surface area contributed by atoms with E-state index in [1.807, 2.05) is 21.1 Å². The van der Waals surface area contributed by atoms with Crippen molar-refractivity contribution in [3.05, 3.63) is 0 Å². The fraction of sp³-hybridized carbons (Fsp3) is 0.900. The van der Waals surface area contributed by atoms with E-state index in [-0.39, 0.29) is 38.3 Å². The van der Waals surface area contributed by atoms with Gasteiger partial charge in [-0.05, 0) is 19.8 Å². The van der Waals surface area contributed by atoms with Crippen LogP contribution in [0.3, 0.4) is 0 Å². The Hall–Kier alpha value is -1.32. The molecule has 0 radical (unpaired) electrons. The number of carbonyl (C=O) groups excluding carboxylic acids is 3. The number of nitrogens with zero attached hydrogens (tertiary/aromatic N) is 1. The summed E-state index contributed by atoms with van der Waals surface area (Å²) in [5, 5.41) is 0. The van der Waals surface area contributed by atoms with E-state index in [4.69, 9.17) is 18.5 Å². The SMILES string of the molecule is CCCCCCCCCCCCCCCC(=O)OCC(COP(=O)(O)OCC[N+](C)(C)C)OC(=O)CCCC(C)=O. The van der Waals surface area contributed by atoms with Gasteiger partial charge < -0.3 is 23.6 Å². The highest BCUT2D eigenvalue weighted by Crippen LogP contribution is 2.43. The van der Waals surface area contributed by atoms with Crippen molar-refractivity contribution in [1.82, 2.24) is 0 Å². The maximum atomic E-state index is 12.2. The first-order valence-electron chi connectivity index (χ1n) is 15.6. The summed E-state index contributed by atoms with van der Waals surface area (Å²) < 4.78 is 33.4. The molecule has 0 bridgehead atoms. The molecule has 0 saturated carbocycles. The van der Waals surface area contributed by atoms with E-state index in [9.17, 15) is 23.8 Å². The average molecular weight is 609 g/mol. The van der Waals surface area contributed by atoms with Gasteiger partial charge in [-0.1, -0.05) is 84.0 Å². The van der Waals surface area contributed by atoms with Gasteiger partial charge in [0.15, 0.2) is 6.10 Å². The largest absolute Gasteiger partial charge is 0.472 e. The molecule has 0 aliphatic heterocycles. The standard InChI is InChI=1S/C30H58NO9P/c1-6-7-8-9-10-11-12-13-14-15-16-17-18-21-29(33)37-25-28(40-30(34)22-19-20-27(2)32)26-39-41(35,36)38-24-23-31(3,4)5/h28H,6-26H2,1-5H3/p+1. The maximum absolute atomic E-state index is 12.2. The number of hydrogen-bond donors (Lipinski definition) is 1. The lowest BCUT2D eigenvalue weighted by Crippen LogP contribution is -2.37. The van der Waals surface area contributed by atoms with Gasteiger partial charge in [0, 0.05) is 19.3 Å². The molecule has 0 aliphatic carbocycles. The van der Waals surface area contributed by atoms with Gasteiger partial charge >= 0.3 is 19.8 Å². The van der Waals surface area contributed by atoms with Crippen LogP contribution in [0.25, 0.3) is 0 Å². The smallest absolute Gasteiger partial charge is 0.462 e. The number of ketones is 1. The molecule has 41 heavy (non-hydrogen) atoms. The van der Waals surface area contributed by atoms with Crippen LogP contribution >= 0.6 is 7.82 Å². The summed E-state index contributed by atoms with van der Waals surface area (Å²) in [4.78, 5) is 45.5. The number of quaternary nitrogens is 1. The summed E-state index contributed by atoms with van der Waals surface area (Å²) in [6, 6.07) is 0. The Kier molecular flexibility index (Phi) is 23.4. The van der Waals surface area contributed by atoms with E-state index in [1.54, 1.807) is 0 Å². The molecule has 1 N–H and O–H groups in total. The fourth-order valence-electron chi connectivity index (χ4n) is 4.03. The number of rotatable bonds is 28. The number of esters is 2. The van der Waals surface area contributed by atoms with Crippen LogP contribution in [0, 0.1) is 0 Å². The van der Waals surface area contributed by atoms with Gasteiger partial charge in [0.1, 0.15) is 25.5 Å². The molecule has 0 aliphatic rings. The number of ether oxygens (including phenoxy) is 2. The summed E-state index contributed by atoms with van der Waals surface area (Å²) in [5.41, 5.74) is 0. The summed E-state index contributed by atoms with van der Waals surface area (Å²) in [5.74, 6) is -1.06. The third-order valence-electron chi connectivity index (χ3n) is 6.56. The van der Waals surface area contributed by atoms with Crippen molar-refractivity contribution in [2.45, 2.75) is 129 Å². The van der Waals surface area contributed by atoms with Crippen LogP contribution < -0.4 is 0 Å². The third-order valence-corrected chi connectivity index (χ3v) is 7.55. The molecule has 0 amide bonds. The van der Waals surface area contributed by atoms with Crippen LogP contribution in [0.5, 0.6) is 0 Å². The third kappa shape index (κ3) is 28.6. The number of phosphoric acid groups is 1. The minimum Gasteiger partial charge on any atom is -0.462 e. The van der Waals surface area contributed by atoms with E-state index in [0.717, 1.165) is 12.8 Å². The van der Waals surface area contributed by atoms with Crippen molar-refractivity contribution in [3.63, 3.8) is 0 Å². The van der Waals surface area contributed by atoms with Gasteiger partial charge in [-0.3, -0.25) is 18.6 Å². The predicted molar refractivity (Wildman–Crippen MR) is 160 cm³/mol. The molecule has 0 aromatic carbocycles. The minimum atomic E-state index is -4.39. The molecule has 0 heterocycles. The molecule has 2 unspecified atom stereocenters. The van der Waals surface area contributed by atoms with E-state index >= 15 is 0 Å². The summed E-state index contributed by atoms with van der Waals surface area (Å²) in [6.07, 6.45) is 15.5. The van der Waals surface area contributed by atoms with Crippen molar-refractivity contribution in [2.24, 2.45) is 0 Å². The van der Waals surface area contributed by atoms with Crippen LogP contribution in [-0.2, 0) is 37.5 Å². The van der Waals surface area contributed by atoms with Gasteiger partial charge in [-0.2, -0.15) is 0 Å². The van der Waals surface area contributed by atoms with Crippen LogP contribution in [0.1, 0.15) is 123 Å². The van der Waals surface area contributed by atoms with Crippen molar-refractivity contribution in [2.75, 3.05) is 47.5 Å². The van der Waals surface area contributed by atoms with Crippen LogP contribution in [0.2, 0.25) is 0 Å². The highest BCUT2D eigenvalue weighted by Gasteiger charge is 2.27. The molecule has 10 nitrogen and oxygen atoms in total. The van der Waals surface area contributed by atoms with Crippen LogP contribution in [-0.4, -0.2) is 80.7 Å². The van der Waals surface area contributed by atoms with Gasteiger partial charge in [-0.25, -0.2) is 4.57 Å². The van der Waals surface area contributed by atoms with Crippen molar-refractivity contribution >= 4 is 25.5 Å². The van der Waals surface area contributed by atoms with Gasteiger partial charge in [0.25, 0.3) is 0 Å². The zero-order valence-electron chi connectivity index (χ0n) is 26.5. The van der Waals surface area contributed by atoms with Crippen molar-refractivity contribution in [3.8, 4) is 0 Å². The first-order chi connectivity index (χ1) is 19.3. The van der Waals surface area contributed by atoms with Gasteiger partial charge in [-0.15, -0.1) is 0 Å². The highest BCUT2D eigenvalue weighted by atomic mass is 31.2. The molecule has 0 rings (SSSR count). The lowest BCUT2D eigenvalue weighted by atomic mass is 10.0. The molecule has 0 aromatic heterocycles. The molecule has 0 aromatic rings. The molecular weight excluding hydrogens is 549 g/mol. The Bertz CT molecular complexity index is 755. The normalized spacial score (nSPS) is 13.9. The van der Waals surface area contributed by atoms with Gasteiger partial charge in [0.05, 0.1) is 27.7 Å². The molecule has 0 saturated heterocycles. The van der Waals surface area contributed by atoms with E-state index in [1.165, 1.54) is 71.1 Å². The predicted octanol–water partition coefficient (Wildman–Crippen LogP) is 6.52. The quantitative estimate of drug-likeness (QED) is 0.0457. The Morgan fingerprint density at radius 2 is 1.22 bits per heavy atom. The van der Waals surface area contributed by atoms with E-state index in [0.29, 0.717) is 23.9 Å². The second kappa shape index (κ2) is 24.2. The number of hydrogen-bond acceptors (Lipinski definition) is 8. The highest BCUT2D eigenvalue weighted by molar-refractivity contribution is 7.47. The number of phosphoric ester groups is 1. The van der Waals surface area contributed by atoms with Crippen molar-refractivity contribution < 1.29 is 46.8 Å². The molecule has 0 fully saturated rings. The van der Waals surface area contributed by atoms with Crippen LogP contribution in [0.15, 0.2) is 0 Å². The topological polar surface area (TPSA) is 125 Å². The first kappa shape index (κ1) is 39.7. The summed E-state index contributed by atoms with van der Waals surface area (Å²) >= 11 is 0. The zero-order chi connectivity index (χ0) is 31.0. The fourth-order valence-corrected chi connectivity index (χ4v) is 4.77. The monoisotopic (exact) mass is 608 g/mol.